The van der Waals surface area contributed by atoms with Gasteiger partial charge < -0.3 is 24.8 Å². The standard InChI is InChI=1S/C21H25.C15H8F6.C10H15.2ClH.Zr/c1-20(2,3)16-7-9-18-14(12-16)11-15-13-17(21(4,5)6)8-10-19(15)18;16-14(17,18)12-5-1-3-10(8-12)7-11-4-2-6-13(9-11)15(19,20)21;1-8-5-6-9(7-8)10(2,3)4;;;/h7-10,12H,11H2,1-6H3;1-6,8-9H;5-7H,1-4H3;2*1H;/q-1;;-1;;;+2/p-2. The second kappa shape index (κ2) is 18.2. The van der Waals surface area contributed by atoms with Crippen molar-refractivity contribution >= 4 is 3.21 Å². The Bertz CT molecular complexity index is 1950. The number of hydrogen-bond donors (Lipinski definition) is 0. The van der Waals surface area contributed by atoms with Gasteiger partial charge in [0.05, 0.1) is 0 Å². The molecule has 9 heteroatoms. The van der Waals surface area contributed by atoms with E-state index in [2.05, 4.69) is 124 Å². The van der Waals surface area contributed by atoms with Gasteiger partial charge in [0.25, 0.3) is 0 Å². The van der Waals surface area contributed by atoms with Crippen molar-refractivity contribution in [2.45, 2.75) is 104 Å². The number of aryl methyl sites for hydroxylation is 1. The summed E-state index contributed by atoms with van der Waals surface area (Å²) in [5.74, 6) is 0. The van der Waals surface area contributed by atoms with Gasteiger partial charge in [-0.3, -0.25) is 0 Å². The Labute approximate surface area is 350 Å². The van der Waals surface area contributed by atoms with Crippen LogP contribution < -0.4 is 24.8 Å². The van der Waals surface area contributed by atoms with E-state index >= 15 is 0 Å². The summed E-state index contributed by atoms with van der Waals surface area (Å²) in [6.45, 7) is 22.4. The van der Waals surface area contributed by atoms with E-state index in [-0.39, 0.29) is 46.8 Å². The topological polar surface area (TPSA) is 0 Å². The summed E-state index contributed by atoms with van der Waals surface area (Å²) in [7, 11) is 0. The minimum absolute atomic E-state index is 0. The van der Waals surface area contributed by atoms with E-state index in [1.165, 1.54) is 68.8 Å². The second-order valence-electron chi connectivity index (χ2n) is 16.8. The third kappa shape index (κ3) is 12.8. The molecule has 0 unspecified atom stereocenters. The summed E-state index contributed by atoms with van der Waals surface area (Å²) in [6.07, 6.45) is -7.95. The van der Waals surface area contributed by atoms with Crippen LogP contribution in [0, 0.1) is 13.0 Å². The first kappa shape index (κ1) is 48.3. The summed E-state index contributed by atoms with van der Waals surface area (Å²) >= 11 is 0.729. The number of benzene rings is 4. The predicted molar refractivity (Wildman–Crippen MR) is 202 cm³/mol. The van der Waals surface area contributed by atoms with E-state index in [9.17, 15) is 26.3 Å². The Kier molecular flexibility index (Phi) is 15.9. The molecular weight excluding hydrogens is 829 g/mol. The van der Waals surface area contributed by atoms with E-state index in [0.29, 0.717) is 8.62 Å². The maximum absolute atomic E-state index is 12.7. The van der Waals surface area contributed by atoms with E-state index in [1.807, 2.05) is 0 Å². The third-order valence-corrected chi connectivity index (χ3v) is 10.6. The smallest absolute Gasteiger partial charge is 1.00 e. The molecule has 0 bridgehead atoms. The summed E-state index contributed by atoms with van der Waals surface area (Å²) < 4.78 is 76.7. The van der Waals surface area contributed by atoms with Gasteiger partial charge in [0.2, 0.25) is 0 Å². The number of rotatable bonds is 2. The van der Waals surface area contributed by atoms with Crippen LogP contribution in [0.2, 0.25) is 0 Å². The van der Waals surface area contributed by atoms with Crippen LogP contribution in [0.15, 0.2) is 97.1 Å². The Balaban J connectivity index is 0.000000298. The van der Waals surface area contributed by atoms with Crippen molar-refractivity contribution in [3.8, 4) is 11.1 Å². The van der Waals surface area contributed by atoms with Crippen LogP contribution in [0.3, 0.4) is 0 Å². The molecular formula is C46H48Cl2F6Zr-2. The van der Waals surface area contributed by atoms with Crippen LogP contribution in [0.1, 0.15) is 118 Å². The van der Waals surface area contributed by atoms with E-state index in [1.54, 1.807) is 0 Å². The zero-order valence-electron chi connectivity index (χ0n) is 33.0. The minimum atomic E-state index is -4.49. The molecule has 0 saturated carbocycles. The van der Waals surface area contributed by atoms with E-state index < -0.39 is 23.5 Å². The van der Waals surface area contributed by atoms with Crippen LogP contribution in [0.25, 0.3) is 11.1 Å². The molecule has 0 atom stereocenters. The zero-order valence-corrected chi connectivity index (χ0v) is 36.9. The average molecular weight is 877 g/mol. The maximum Gasteiger partial charge on any atom is -1.00 e. The van der Waals surface area contributed by atoms with Gasteiger partial charge in [0.1, 0.15) is 0 Å². The molecule has 1 aliphatic rings. The molecule has 0 aliphatic heterocycles. The molecule has 1 aliphatic carbocycles. The van der Waals surface area contributed by atoms with Crippen molar-refractivity contribution in [3.05, 3.63) is 159 Å². The molecule has 0 aromatic heterocycles. The molecule has 0 radical (unpaired) electrons. The molecule has 0 saturated heterocycles. The molecule has 0 spiro atoms. The molecule has 0 heterocycles. The number of fused-ring (bicyclic) bond motifs is 3. The molecule has 55 heavy (non-hydrogen) atoms. The molecule has 0 nitrogen and oxygen atoms in total. The van der Waals surface area contributed by atoms with Gasteiger partial charge in [-0.1, -0.05) is 93.0 Å². The summed E-state index contributed by atoms with van der Waals surface area (Å²) in [4.78, 5) is 0. The average Bonchev–Trinajstić information content (AvgIpc) is 3.66. The summed E-state index contributed by atoms with van der Waals surface area (Å²) in [5.41, 5.74) is 10.7. The fraction of sp³-hybridized carbons (Fsp3) is 0.348. The largest absolute Gasteiger partial charge is 1.00 e. The summed E-state index contributed by atoms with van der Waals surface area (Å²) in [6, 6.07) is 31.0. The second-order valence-corrected chi connectivity index (χ2v) is 18.0. The van der Waals surface area contributed by atoms with Gasteiger partial charge in [-0.05, 0) is 33.8 Å². The van der Waals surface area contributed by atoms with Crippen molar-refractivity contribution in [1.29, 1.82) is 0 Å². The normalized spacial score (nSPS) is 12.5. The molecule has 5 aromatic carbocycles. The van der Waals surface area contributed by atoms with Crippen LogP contribution >= 0.6 is 0 Å². The first-order valence-electron chi connectivity index (χ1n) is 17.6. The van der Waals surface area contributed by atoms with Crippen molar-refractivity contribution in [2.75, 3.05) is 0 Å². The monoisotopic (exact) mass is 874 g/mol. The fourth-order valence-electron chi connectivity index (χ4n) is 5.93. The van der Waals surface area contributed by atoms with Gasteiger partial charge in [-0.25, -0.2) is 11.6 Å². The van der Waals surface area contributed by atoms with Crippen molar-refractivity contribution in [1.82, 2.24) is 0 Å². The molecule has 6 rings (SSSR count). The quantitative estimate of drug-likeness (QED) is 0.125. The SMILES string of the molecule is CC(C)(C)c1[c-]c2c(cc1)-c1ccc(C(C)(C)C)cc1C2.Cc1c[cH-]c(C(C)(C)C)c1.FC(F)(F)c1cccc([C](=[Zr+2])c2cccc(C(F)(F)F)c2)c1.[Cl-].[Cl-]. The third-order valence-electron chi connectivity index (χ3n) is 9.20. The van der Waals surface area contributed by atoms with Crippen molar-refractivity contribution < 1.29 is 75.4 Å². The predicted octanol–water partition coefficient (Wildman–Crippen LogP) is 7.51. The molecule has 0 N–H and O–H groups in total. The fourth-order valence-corrected chi connectivity index (χ4v) is 6.69. The molecule has 5 aromatic rings. The van der Waals surface area contributed by atoms with Gasteiger partial charge in [0.15, 0.2) is 0 Å². The Morgan fingerprint density at radius 3 is 1.51 bits per heavy atom. The number of alkyl halides is 6. The maximum atomic E-state index is 12.7. The van der Waals surface area contributed by atoms with E-state index in [4.69, 9.17) is 0 Å². The molecule has 294 valence electrons. The number of hydrogen-bond acceptors (Lipinski definition) is 0. The minimum Gasteiger partial charge on any atom is -1.00 e. The molecule has 0 amide bonds. The van der Waals surface area contributed by atoms with Crippen molar-refractivity contribution in [2.24, 2.45) is 0 Å². The first-order valence-corrected chi connectivity index (χ1v) is 18.8. The summed E-state index contributed by atoms with van der Waals surface area (Å²) in [5, 5.41) is 0. The van der Waals surface area contributed by atoms with Gasteiger partial charge >= 0.3 is 137 Å². The van der Waals surface area contributed by atoms with Crippen LogP contribution in [0.4, 0.5) is 26.3 Å². The van der Waals surface area contributed by atoms with Crippen LogP contribution in [-0.2, 0) is 59.3 Å². The first-order chi connectivity index (χ1) is 24.2. The Hall–Kier alpha value is -2.86. The van der Waals surface area contributed by atoms with Gasteiger partial charge in [0, 0.05) is 0 Å². The Morgan fingerprint density at radius 1 is 0.600 bits per heavy atom. The number of halogens is 8. The molecule has 0 fully saturated rings. The van der Waals surface area contributed by atoms with Crippen LogP contribution in [-0.4, -0.2) is 3.21 Å². The van der Waals surface area contributed by atoms with Crippen molar-refractivity contribution in [3.63, 3.8) is 0 Å². The van der Waals surface area contributed by atoms with Gasteiger partial charge in [-0.2, -0.15) is 41.5 Å². The van der Waals surface area contributed by atoms with Gasteiger partial charge in [-0.15, -0.1) is 11.1 Å². The van der Waals surface area contributed by atoms with E-state index in [0.717, 1.165) is 54.9 Å². The van der Waals surface area contributed by atoms with Crippen LogP contribution in [0.5, 0.6) is 0 Å². The Morgan fingerprint density at radius 2 is 1.11 bits per heavy atom. The zero-order chi connectivity index (χ0) is 39.7.